The van der Waals surface area contributed by atoms with Gasteiger partial charge in [-0.1, -0.05) is 6.08 Å². The maximum Gasteiger partial charge on any atom is 0.186 e. The van der Waals surface area contributed by atoms with Crippen LogP contribution in [0.4, 0.5) is 0 Å². The average Bonchev–Trinajstić information content (AvgIpc) is 2.20. The Labute approximate surface area is 89.4 Å². The van der Waals surface area contributed by atoms with Crippen molar-refractivity contribution in [3.63, 3.8) is 0 Å². The van der Waals surface area contributed by atoms with Crippen molar-refractivity contribution in [2.75, 3.05) is 7.11 Å². The summed E-state index contributed by atoms with van der Waals surface area (Å²) in [6.07, 6.45) is 5.67. The van der Waals surface area contributed by atoms with Gasteiger partial charge in [-0.25, -0.2) is 0 Å². The number of rotatable bonds is 3. The molecule has 15 heavy (non-hydrogen) atoms. The Morgan fingerprint density at radius 3 is 2.87 bits per heavy atom. The number of ether oxygens (including phenoxy) is 1. The van der Waals surface area contributed by atoms with Gasteiger partial charge in [-0.05, 0) is 25.5 Å². The van der Waals surface area contributed by atoms with E-state index >= 15 is 0 Å². The third kappa shape index (κ3) is 2.45. The molecule has 4 heteroatoms. The van der Waals surface area contributed by atoms with Gasteiger partial charge in [-0.2, -0.15) is 5.26 Å². The van der Waals surface area contributed by atoms with Crippen LogP contribution in [-0.2, 0) is 9.53 Å². The highest BCUT2D eigenvalue weighted by atomic mass is 16.5. The molecular weight excluding hydrogens is 192 g/mol. The maximum atomic E-state index is 11.0. The molecule has 1 aliphatic rings. The molecule has 1 aliphatic heterocycles. The van der Waals surface area contributed by atoms with Gasteiger partial charge >= 0.3 is 0 Å². The lowest BCUT2D eigenvalue weighted by molar-refractivity contribution is -0.116. The Morgan fingerprint density at radius 1 is 1.73 bits per heavy atom. The predicted molar refractivity (Wildman–Crippen MR) is 55.4 cm³/mol. The van der Waals surface area contributed by atoms with Crippen molar-refractivity contribution in [3.05, 3.63) is 23.4 Å². The molecule has 1 unspecified atom stereocenters. The summed E-state index contributed by atoms with van der Waals surface area (Å²) in [6.45, 7) is 3.35. The van der Waals surface area contributed by atoms with Gasteiger partial charge in [-0.3, -0.25) is 9.69 Å². The summed E-state index contributed by atoms with van der Waals surface area (Å²) < 4.78 is 5.12. The second-order valence-electron chi connectivity index (χ2n) is 3.44. The molecule has 0 saturated carbocycles. The molecule has 0 aromatic heterocycles. The van der Waals surface area contributed by atoms with Crippen molar-refractivity contribution in [1.82, 2.24) is 4.90 Å². The lowest BCUT2D eigenvalue weighted by Gasteiger charge is -2.28. The smallest absolute Gasteiger partial charge is 0.186 e. The summed E-state index contributed by atoms with van der Waals surface area (Å²) in [5.41, 5.74) is 1.65. The number of Topliss-reactive ketones (excluding diaryl/α,β-unsaturated/α-hetero) is 1. The third-order valence-corrected chi connectivity index (χ3v) is 2.33. The molecule has 0 bridgehead atoms. The number of ketones is 1. The maximum absolute atomic E-state index is 11.0. The summed E-state index contributed by atoms with van der Waals surface area (Å²) in [4.78, 5) is 12.5. The normalized spacial score (nSPS) is 20.4. The van der Waals surface area contributed by atoms with E-state index in [-0.39, 0.29) is 12.0 Å². The van der Waals surface area contributed by atoms with Crippen LogP contribution >= 0.6 is 0 Å². The third-order valence-electron chi connectivity index (χ3n) is 2.33. The average molecular weight is 206 g/mol. The summed E-state index contributed by atoms with van der Waals surface area (Å²) in [7, 11) is 1.54. The van der Waals surface area contributed by atoms with Crippen LogP contribution in [0.25, 0.3) is 0 Å². The number of methoxy groups -OCH3 is 1. The molecule has 1 atom stereocenters. The monoisotopic (exact) mass is 206 g/mol. The van der Waals surface area contributed by atoms with E-state index in [1.807, 2.05) is 19.2 Å². The van der Waals surface area contributed by atoms with E-state index in [2.05, 4.69) is 0 Å². The molecule has 0 aliphatic carbocycles. The van der Waals surface area contributed by atoms with Crippen LogP contribution < -0.4 is 0 Å². The van der Waals surface area contributed by atoms with Crippen LogP contribution in [0.1, 0.15) is 20.3 Å². The molecule has 1 heterocycles. The number of nitriles is 1. The van der Waals surface area contributed by atoms with E-state index in [4.69, 9.17) is 10.00 Å². The minimum atomic E-state index is -0.356. The summed E-state index contributed by atoms with van der Waals surface area (Å²) in [6, 6.07) is 0. The molecule has 80 valence electrons. The van der Waals surface area contributed by atoms with Gasteiger partial charge in [0, 0.05) is 19.2 Å². The number of hydrogen-bond donors (Lipinski definition) is 0. The van der Waals surface area contributed by atoms with Crippen molar-refractivity contribution in [1.29, 1.82) is 5.26 Å². The van der Waals surface area contributed by atoms with Crippen LogP contribution in [0.5, 0.6) is 0 Å². The molecule has 4 nitrogen and oxygen atoms in total. The Hall–Kier alpha value is -1.60. The first-order valence-corrected chi connectivity index (χ1v) is 4.69. The minimum absolute atomic E-state index is 0.0859. The number of carbonyl (C=O) groups is 1. The molecule has 0 radical (unpaired) electrons. The van der Waals surface area contributed by atoms with E-state index in [1.165, 1.54) is 11.8 Å². The Bertz CT molecular complexity index is 363. The molecule has 0 amide bonds. The summed E-state index contributed by atoms with van der Waals surface area (Å²) >= 11 is 0. The van der Waals surface area contributed by atoms with E-state index < -0.39 is 0 Å². The molecule has 1 rings (SSSR count). The van der Waals surface area contributed by atoms with Crippen molar-refractivity contribution < 1.29 is 9.53 Å². The molecule has 0 saturated heterocycles. The Kier molecular flexibility index (Phi) is 3.64. The zero-order chi connectivity index (χ0) is 11.4. The van der Waals surface area contributed by atoms with E-state index in [0.29, 0.717) is 6.42 Å². The van der Waals surface area contributed by atoms with Gasteiger partial charge in [0.25, 0.3) is 0 Å². The lowest BCUT2D eigenvalue weighted by atomic mass is 10.0. The van der Waals surface area contributed by atoms with Gasteiger partial charge in [0.15, 0.2) is 12.4 Å². The quantitative estimate of drug-likeness (QED) is 0.657. The van der Waals surface area contributed by atoms with Gasteiger partial charge in [0.2, 0.25) is 0 Å². The predicted octanol–water partition coefficient (Wildman–Crippen LogP) is 1.56. The largest absolute Gasteiger partial charge is 0.357 e. The van der Waals surface area contributed by atoms with Crippen LogP contribution in [-0.4, -0.2) is 24.0 Å². The summed E-state index contributed by atoms with van der Waals surface area (Å²) in [5, 5.41) is 8.96. The first kappa shape index (κ1) is 11.5. The number of allylic oxidation sites excluding steroid dienone is 3. The van der Waals surface area contributed by atoms with E-state index in [0.717, 1.165) is 11.3 Å². The van der Waals surface area contributed by atoms with E-state index in [9.17, 15) is 4.79 Å². The second kappa shape index (κ2) is 4.76. The Balaban J connectivity index is 2.95. The van der Waals surface area contributed by atoms with Crippen LogP contribution in [0.15, 0.2) is 23.4 Å². The zero-order valence-corrected chi connectivity index (χ0v) is 9.15. The summed E-state index contributed by atoms with van der Waals surface area (Å²) in [5.74, 6) is 0.0859. The van der Waals surface area contributed by atoms with Gasteiger partial charge in [0.1, 0.15) is 5.78 Å². The topological polar surface area (TPSA) is 53.3 Å². The van der Waals surface area contributed by atoms with Crippen molar-refractivity contribution in [3.8, 4) is 6.19 Å². The molecule has 0 aromatic rings. The van der Waals surface area contributed by atoms with Gasteiger partial charge in [0.05, 0.1) is 0 Å². The Morgan fingerprint density at radius 2 is 2.40 bits per heavy atom. The van der Waals surface area contributed by atoms with Gasteiger partial charge < -0.3 is 4.74 Å². The fourth-order valence-corrected chi connectivity index (χ4v) is 1.52. The number of nitrogens with zero attached hydrogens (tertiary/aromatic N) is 2. The number of carbonyl (C=O) groups excluding carboxylic acids is 1. The first-order chi connectivity index (χ1) is 7.10. The molecule has 0 N–H and O–H groups in total. The van der Waals surface area contributed by atoms with Crippen molar-refractivity contribution >= 4 is 5.78 Å². The van der Waals surface area contributed by atoms with E-state index in [1.54, 1.807) is 13.2 Å². The molecule has 0 fully saturated rings. The SMILES string of the molecule is COC1C=CC(CC(C)=O)=C(C)N1C#N. The van der Waals surface area contributed by atoms with Gasteiger partial charge in [-0.15, -0.1) is 0 Å². The van der Waals surface area contributed by atoms with Crippen LogP contribution in [0, 0.1) is 11.5 Å². The lowest BCUT2D eigenvalue weighted by Crippen LogP contribution is -2.32. The fourth-order valence-electron chi connectivity index (χ4n) is 1.52. The highest BCUT2D eigenvalue weighted by Gasteiger charge is 2.21. The molecule has 0 spiro atoms. The molecule has 0 aromatic carbocycles. The first-order valence-electron chi connectivity index (χ1n) is 4.69. The highest BCUT2D eigenvalue weighted by molar-refractivity contribution is 5.79. The van der Waals surface area contributed by atoms with Crippen molar-refractivity contribution in [2.45, 2.75) is 26.5 Å². The zero-order valence-electron chi connectivity index (χ0n) is 9.15. The highest BCUT2D eigenvalue weighted by Crippen LogP contribution is 2.23. The standard InChI is InChI=1S/C11H14N2O2/c1-8(14)6-10-4-5-11(15-3)13(7-12)9(10)2/h4-5,11H,6H2,1-3H3. The number of hydrogen-bond acceptors (Lipinski definition) is 4. The van der Waals surface area contributed by atoms with Crippen LogP contribution in [0.3, 0.4) is 0 Å². The molecular formula is C11H14N2O2. The fraction of sp³-hybridized carbons (Fsp3) is 0.455. The second-order valence-corrected chi connectivity index (χ2v) is 3.44. The van der Waals surface area contributed by atoms with Crippen molar-refractivity contribution in [2.24, 2.45) is 0 Å². The minimum Gasteiger partial charge on any atom is -0.357 e. The van der Waals surface area contributed by atoms with Crippen LogP contribution in [0.2, 0.25) is 0 Å².